The molecule has 2 atom stereocenters. The summed E-state index contributed by atoms with van der Waals surface area (Å²) >= 11 is 0. The van der Waals surface area contributed by atoms with Crippen LogP contribution in [0.1, 0.15) is 25.7 Å². The molecule has 0 unspecified atom stereocenters. The molecule has 0 amide bonds. The fourth-order valence-corrected chi connectivity index (χ4v) is 1.45. The Hall–Kier alpha value is -0.900. The van der Waals surface area contributed by atoms with Crippen LogP contribution in [0.5, 0.6) is 0 Å². The smallest absolute Gasteiger partial charge is 0.308 e. The van der Waals surface area contributed by atoms with Crippen LogP contribution >= 0.6 is 0 Å². The highest BCUT2D eigenvalue weighted by atomic mass is 16.5. The first kappa shape index (κ1) is 10.2. The Kier molecular flexibility index (Phi) is 3.89. The monoisotopic (exact) mass is 186 g/mol. The van der Waals surface area contributed by atoms with E-state index in [1.165, 1.54) is 7.11 Å². The normalized spacial score (nSPS) is 28.1. The zero-order chi connectivity index (χ0) is 9.68. The number of rotatable bonds is 3. The summed E-state index contributed by atoms with van der Waals surface area (Å²) in [5, 5.41) is 0. The van der Waals surface area contributed by atoms with Gasteiger partial charge in [0.15, 0.2) is 0 Å². The van der Waals surface area contributed by atoms with Gasteiger partial charge in [0.2, 0.25) is 0 Å². The highest BCUT2D eigenvalue weighted by molar-refractivity contribution is 5.69. The van der Waals surface area contributed by atoms with Crippen molar-refractivity contribution >= 4 is 12.3 Å². The number of carbonyl (C=O) groups excluding carboxylic acids is 2. The van der Waals surface area contributed by atoms with E-state index in [1.807, 2.05) is 0 Å². The van der Waals surface area contributed by atoms with Crippen LogP contribution in [0.25, 0.3) is 0 Å². The quantitative estimate of drug-likeness (QED) is 0.480. The fourth-order valence-electron chi connectivity index (χ4n) is 1.45. The lowest BCUT2D eigenvalue weighted by Crippen LogP contribution is -2.30. The first-order chi connectivity index (χ1) is 6.26. The van der Waals surface area contributed by atoms with Crippen LogP contribution in [-0.4, -0.2) is 31.6 Å². The Balaban J connectivity index is 2.33. The van der Waals surface area contributed by atoms with Gasteiger partial charge in [0.1, 0.15) is 12.4 Å². The van der Waals surface area contributed by atoms with Crippen LogP contribution in [0, 0.1) is 0 Å². The third kappa shape index (κ3) is 3.14. The van der Waals surface area contributed by atoms with Crippen molar-refractivity contribution in [2.45, 2.75) is 37.9 Å². The topological polar surface area (TPSA) is 52.6 Å². The molecule has 0 radical (unpaired) electrons. The molecule has 0 saturated carbocycles. The molecule has 13 heavy (non-hydrogen) atoms. The van der Waals surface area contributed by atoms with E-state index in [1.54, 1.807) is 0 Å². The van der Waals surface area contributed by atoms with Crippen LogP contribution in [0.3, 0.4) is 0 Å². The SMILES string of the molecule is COC(=O)C[C@H]1CCC[C@H](C=O)O1. The zero-order valence-corrected chi connectivity index (χ0v) is 7.69. The third-order valence-corrected chi connectivity index (χ3v) is 2.16. The highest BCUT2D eigenvalue weighted by Gasteiger charge is 2.23. The summed E-state index contributed by atoms with van der Waals surface area (Å²) in [5.74, 6) is -0.281. The second-order valence-corrected chi connectivity index (χ2v) is 3.14. The molecule has 4 nitrogen and oxygen atoms in total. The molecule has 4 heteroatoms. The van der Waals surface area contributed by atoms with Crippen molar-refractivity contribution in [1.29, 1.82) is 0 Å². The van der Waals surface area contributed by atoms with E-state index in [4.69, 9.17) is 4.74 Å². The molecule has 74 valence electrons. The largest absolute Gasteiger partial charge is 0.469 e. The van der Waals surface area contributed by atoms with Gasteiger partial charge in [0.05, 0.1) is 19.6 Å². The van der Waals surface area contributed by atoms with E-state index >= 15 is 0 Å². The van der Waals surface area contributed by atoms with Crippen LogP contribution in [0.2, 0.25) is 0 Å². The summed E-state index contributed by atoms with van der Waals surface area (Å²) in [5.41, 5.74) is 0. The average molecular weight is 186 g/mol. The standard InChI is InChI=1S/C9H14O4/c1-12-9(11)5-7-3-2-4-8(6-10)13-7/h6-8H,2-5H2,1H3/t7-,8-/m1/s1. The first-order valence-corrected chi connectivity index (χ1v) is 4.44. The molecule has 1 rings (SSSR count). The maximum atomic E-state index is 10.9. The molecule has 0 spiro atoms. The van der Waals surface area contributed by atoms with Gasteiger partial charge in [-0.3, -0.25) is 4.79 Å². The second kappa shape index (κ2) is 4.97. The summed E-state index contributed by atoms with van der Waals surface area (Å²) in [4.78, 5) is 21.3. The van der Waals surface area contributed by atoms with Crippen molar-refractivity contribution in [3.05, 3.63) is 0 Å². The van der Waals surface area contributed by atoms with Gasteiger partial charge in [-0.15, -0.1) is 0 Å². The van der Waals surface area contributed by atoms with Crippen molar-refractivity contribution in [1.82, 2.24) is 0 Å². The van der Waals surface area contributed by atoms with Gasteiger partial charge in [-0.05, 0) is 19.3 Å². The van der Waals surface area contributed by atoms with Gasteiger partial charge in [-0.2, -0.15) is 0 Å². The highest BCUT2D eigenvalue weighted by Crippen LogP contribution is 2.20. The van der Waals surface area contributed by atoms with Crippen LogP contribution in [-0.2, 0) is 19.1 Å². The lowest BCUT2D eigenvalue weighted by molar-refractivity contribution is -0.148. The van der Waals surface area contributed by atoms with Crippen molar-refractivity contribution in [2.75, 3.05) is 7.11 Å². The maximum absolute atomic E-state index is 10.9. The summed E-state index contributed by atoms with van der Waals surface area (Å²) in [6.07, 6.45) is 3.11. The van der Waals surface area contributed by atoms with E-state index in [-0.39, 0.29) is 24.6 Å². The minimum Gasteiger partial charge on any atom is -0.469 e. The van der Waals surface area contributed by atoms with E-state index in [0.717, 1.165) is 25.5 Å². The lowest BCUT2D eigenvalue weighted by Gasteiger charge is -2.25. The zero-order valence-electron chi connectivity index (χ0n) is 7.69. The predicted molar refractivity (Wildman–Crippen MR) is 45.2 cm³/mol. The number of hydrogen-bond acceptors (Lipinski definition) is 4. The third-order valence-electron chi connectivity index (χ3n) is 2.16. The lowest BCUT2D eigenvalue weighted by atomic mass is 10.0. The number of aldehydes is 1. The molecular weight excluding hydrogens is 172 g/mol. The Morgan fingerprint density at radius 1 is 1.62 bits per heavy atom. The van der Waals surface area contributed by atoms with Gasteiger partial charge >= 0.3 is 5.97 Å². The Morgan fingerprint density at radius 2 is 2.38 bits per heavy atom. The van der Waals surface area contributed by atoms with E-state index < -0.39 is 0 Å². The number of carbonyl (C=O) groups is 2. The number of hydrogen-bond donors (Lipinski definition) is 0. The van der Waals surface area contributed by atoms with E-state index in [0.29, 0.717) is 0 Å². The number of methoxy groups -OCH3 is 1. The molecule has 1 fully saturated rings. The van der Waals surface area contributed by atoms with Crippen LogP contribution in [0.15, 0.2) is 0 Å². The molecular formula is C9H14O4. The molecule has 0 aromatic rings. The Bertz CT molecular complexity index is 190. The van der Waals surface area contributed by atoms with Crippen LogP contribution < -0.4 is 0 Å². The van der Waals surface area contributed by atoms with E-state index in [9.17, 15) is 9.59 Å². The molecule has 1 aliphatic heterocycles. The van der Waals surface area contributed by atoms with Crippen molar-refractivity contribution in [3.63, 3.8) is 0 Å². The van der Waals surface area contributed by atoms with Gasteiger partial charge in [-0.1, -0.05) is 0 Å². The second-order valence-electron chi connectivity index (χ2n) is 3.14. The van der Waals surface area contributed by atoms with Crippen molar-refractivity contribution in [3.8, 4) is 0 Å². The molecule has 0 bridgehead atoms. The van der Waals surface area contributed by atoms with Crippen molar-refractivity contribution in [2.24, 2.45) is 0 Å². The maximum Gasteiger partial charge on any atom is 0.308 e. The Morgan fingerprint density at radius 3 is 3.00 bits per heavy atom. The van der Waals surface area contributed by atoms with Gasteiger partial charge < -0.3 is 14.3 Å². The fraction of sp³-hybridized carbons (Fsp3) is 0.778. The minimum absolute atomic E-state index is 0.142. The molecule has 0 aromatic carbocycles. The minimum atomic E-state index is -0.330. The Labute approximate surface area is 77.2 Å². The predicted octanol–water partition coefficient (Wildman–Crippen LogP) is 0.686. The molecule has 1 aliphatic rings. The molecule has 0 aliphatic carbocycles. The summed E-state index contributed by atoms with van der Waals surface area (Å²) < 4.78 is 9.85. The van der Waals surface area contributed by atoms with E-state index in [2.05, 4.69) is 4.74 Å². The van der Waals surface area contributed by atoms with Crippen molar-refractivity contribution < 1.29 is 19.1 Å². The average Bonchev–Trinajstić information content (AvgIpc) is 2.18. The molecule has 1 heterocycles. The van der Waals surface area contributed by atoms with Crippen LogP contribution in [0.4, 0.5) is 0 Å². The molecule has 0 aromatic heterocycles. The summed E-state index contributed by atoms with van der Waals surface area (Å²) in [6, 6.07) is 0. The van der Waals surface area contributed by atoms with Gasteiger partial charge in [0, 0.05) is 0 Å². The van der Waals surface area contributed by atoms with Gasteiger partial charge in [-0.25, -0.2) is 0 Å². The number of esters is 1. The molecule has 0 N–H and O–H groups in total. The molecule has 1 saturated heterocycles. The first-order valence-electron chi connectivity index (χ1n) is 4.44. The number of ether oxygens (including phenoxy) is 2. The van der Waals surface area contributed by atoms with Gasteiger partial charge in [0.25, 0.3) is 0 Å². The summed E-state index contributed by atoms with van der Waals surface area (Å²) in [7, 11) is 1.35. The summed E-state index contributed by atoms with van der Waals surface area (Å²) in [6.45, 7) is 0.